The van der Waals surface area contributed by atoms with Crippen molar-refractivity contribution in [2.45, 2.75) is 57.7 Å². The number of amides is 1. The zero-order valence-corrected chi connectivity index (χ0v) is 23.9. The smallest absolute Gasteiger partial charge is 0.408 e. The van der Waals surface area contributed by atoms with Gasteiger partial charge < -0.3 is 25.3 Å². The van der Waals surface area contributed by atoms with Crippen molar-refractivity contribution < 1.29 is 22.7 Å². The minimum Gasteiger partial charge on any atom is -0.489 e. The van der Waals surface area contributed by atoms with Crippen LogP contribution in [0.4, 0.5) is 24.9 Å². The van der Waals surface area contributed by atoms with Crippen molar-refractivity contribution in [3.8, 4) is 23.1 Å². The molecule has 0 bridgehead atoms. The predicted molar refractivity (Wildman–Crippen MR) is 150 cm³/mol. The number of aromatic nitrogens is 6. The van der Waals surface area contributed by atoms with Gasteiger partial charge in [-0.3, -0.25) is 4.79 Å². The van der Waals surface area contributed by atoms with Gasteiger partial charge in [0.1, 0.15) is 11.9 Å². The highest BCUT2D eigenvalue weighted by Gasteiger charge is 2.43. The first kappa shape index (κ1) is 30.0. The van der Waals surface area contributed by atoms with Crippen molar-refractivity contribution in [2.75, 3.05) is 30.3 Å². The van der Waals surface area contributed by atoms with E-state index in [1.165, 1.54) is 0 Å². The number of hydrogen-bond acceptors (Lipinski definition) is 10. The van der Waals surface area contributed by atoms with Gasteiger partial charge in [-0.1, -0.05) is 0 Å². The molecule has 1 saturated carbocycles. The molecule has 0 spiro atoms. The third-order valence-electron chi connectivity index (χ3n) is 7.88. The van der Waals surface area contributed by atoms with E-state index in [1.807, 2.05) is 34.1 Å². The maximum atomic E-state index is 13.1. The first-order valence-corrected chi connectivity index (χ1v) is 14.1. The van der Waals surface area contributed by atoms with Gasteiger partial charge in [0.25, 0.3) is 5.91 Å². The Morgan fingerprint density at radius 2 is 2.00 bits per heavy atom. The van der Waals surface area contributed by atoms with Crippen LogP contribution >= 0.6 is 0 Å². The van der Waals surface area contributed by atoms with Gasteiger partial charge in [-0.05, 0) is 51.0 Å². The van der Waals surface area contributed by atoms with Crippen LogP contribution in [0.2, 0.25) is 0 Å². The second kappa shape index (κ2) is 12.0. The number of anilines is 2. The molecule has 0 radical (unpaired) electrons. The zero-order chi connectivity index (χ0) is 30.8. The molecule has 1 amide bonds. The van der Waals surface area contributed by atoms with Crippen LogP contribution in [0.25, 0.3) is 11.3 Å². The van der Waals surface area contributed by atoms with Gasteiger partial charge in [-0.25, -0.2) is 15.0 Å². The molecule has 1 saturated heterocycles. The third-order valence-corrected chi connectivity index (χ3v) is 7.88. The minimum absolute atomic E-state index is 0.191. The standard InChI is InChI=1S/C28H33F3N10O2/c1-17(28(29,30)31)36-25(42)24-37-22(3-6-27(15-32)7-8-27)38-26(39-24)41-9-4-18(5-10-41)14-43-21-11-19(12-34-23(21)33)20-13-40(2)16-35-20/h11-13,16-18H,3-10,14H2,1-2H3,(H2,33,34)(H,36,42)/t17-/m0/s1. The van der Waals surface area contributed by atoms with Crippen LogP contribution in [0.15, 0.2) is 24.8 Å². The van der Waals surface area contributed by atoms with Crippen LogP contribution in [0.3, 0.4) is 0 Å². The van der Waals surface area contributed by atoms with Gasteiger partial charge >= 0.3 is 6.18 Å². The van der Waals surface area contributed by atoms with E-state index < -0.39 is 23.5 Å². The molecule has 1 atom stereocenters. The summed E-state index contributed by atoms with van der Waals surface area (Å²) in [6, 6.07) is 2.06. The largest absolute Gasteiger partial charge is 0.489 e. The summed E-state index contributed by atoms with van der Waals surface area (Å²) in [6.07, 6.45) is 4.44. The Bertz CT molecular complexity index is 1510. The molecule has 43 heavy (non-hydrogen) atoms. The molecule has 2 fully saturated rings. The number of imidazole rings is 1. The highest BCUT2D eigenvalue weighted by Crippen LogP contribution is 2.48. The number of pyridine rings is 1. The molecule has 4 heterocycles. The number of piperidine rings is 1. The Labute approximate surface area is 246 Å². The molecule has 228 valence electrons. The van der Waals surface area contributed by atoms with Gasteiger partial charge in [-0.2, -0.15) is 28.4 Å². The number of nitrogen functional groups attached to an aromatic ring is 1. The number of nitrogens with two attached hydrogens (primary N) is 1. The van der Waals surface area contributed by atoms with Crippen molar-refractivity contribution >= 4 is 17.7 Å². The van der Waals surface area contributed by atoms with E-state index in [1.54, 1.807) is 12.5 Å². The summed E-state index contributed by atoms with van der Waals surface area (Å²) >= 11 is 0. The van der Waals surface area contributed by atoms with E-state index in [-0.39, 0.29) is 29.3 Å². The lowest BCUT2D eigenvalue weighted by Crippen LogP contribution is -2.44. The van der Waals surface area contributed by atoms with Crippen LogP contribution in [0, 0.1) is 22.7 Å². The van der Waals surface area contributed by atoms with Crippen molar-refractivity contribution in [3.05, 3.63) is 36.4 Å². The number of halogens is 3. The van der Waals surface area contributed by atoms with Crippen molar-refractivity contribution in [2.24, 2.45) is 18.4 Å². The quantitative estimate of drug-likeness (QED) is 0.354. The van der Waals surface area contributed by atoms with Gasteiger partial charge in [0, 0.05) is 44.5 Å². The lowest BCUT2D eigenvalue weighted by atomic mass is 9.98. The fourth-order valence-electron chi connectivity index (χ4n) is 4.80. The molecule has 3 aromatic rings. The van der Waals surface area contributed by atoms with Crippen molar-refractivity contribution in [1.82, 2.24) is 34.8 Å². The number of nitrogens with one attached hydrogen (secondary N) is 1. The van der Waals surface area contributed by atoms with Crippen LogP contribution in [0.5, 0.6) is 5.75 Å². The summed E-state index contributed by atoms with van der Waals surface area (Å²) in [4.78, 5) is 36.1. The molecule has 2 aliphatic rings. The van der Waals surface area contributed by atoms with Gasteiger partial charge in [0.2, 0.25) is 11.8 Å². The molecule has 0 aromatic carbocycles. The zero-order valence-electron chi connectivity index (χ0n) is 23.9. The SMILES string of the molecule is C[C@H](NC(=O)c1nc(CCC2(C#N)CC2)nc(N2CCC(COc3cc(-c4cn(C)cn4)cnc3N)CC2)n1)C(F)(F)F. The average molecular weight is 599 g/mol. The summed E-state index contributed by atoms with van der Waals surface area (Å²) < 4.78 is 47.1. The van der Waals surface area contributed by atoms with Crippen LogP contribution < -0.4 is 20.7 Å². The van der Waals surface area contributed by atoms with E-state index in [0.29, 0.717) is 38.3 Å². The normalized spacial score (nSPS) is 17.3. The van der Waals surface area contributed by atoms with Crippen LogP contribution in [-0.2, 0) is 13.5 Å². The average Bonchev–Trinajstić information content (AvgIpc) is 3.65. The van der Waals surface area contributed by atoms with E-state index in [4.69, 9.17) is 10.5 Å². The molecule has 1 aliphatic heterocycles. The first-order valence-electron chi connectivity index (χ1n) is 14.1. The van der Waals surface area contributed by atoms with Gasteiger partial charge in [-0.15, -0.1) is 0 Å². The topological polar surface area (TPSA) is 161 Å². The number of hydrogen-bond donors (Lipinski definition) is 2. The molecule has 12 nitrogen and oxygen atoms in total. The van der Waals surface area contributed by atoms with Crippen molar-refractivity contribution in [3.63, 3.8) is 0 Å². The van der Waals surface area contributed by atoms with Crippen LogP contribution in [0.1, 0.15) is 55.5 Å². The monoisotopic (exact) mass is 598 g/mol. The molecule has 0 unspecified atom stereocenters. The Kier molecular flexibility index (Phi) is 8.38. The number of nitrogens with zero attached hydrogens (tertiary/aromatic N) is 8. The fraction of sp³-hybridized carbons (Fsp3) is 0.536. The van der Waals surface area contributed by atoms with E-state index in [0.717, 1.165) is 43.9 Å². The fourth-order valence-corrected chi connectivity index (χ4v) is 4.80. The lowest BCUT2D eigenvalue weighted by Gasteiger charge is -2.32. The number of aryl methyl sites for hydroxylation is 2. The number of carbonyl (C=O) groups excluding carboxylic acids is 1. The molecular weight excluding hydrogens is 565 g/mol. The number of alkyl halides is 3. The van der Waals surface area contributed by atoms with Crippen LogP contribution in [-0.4, -0.2) is 67.3 Å². The molecule has 15 heteroatoms. The predicted octanol–water partition coefficient (Wildman–Crippen LogP) is 3.46. The minimum atomic E-state index is -4.61. The number of nitriles is 1. The van der Waals surface area contributed by atoms with E-state index >= 15 is 0 Å². The van der Waals surface area contributed by atoms with E-state index in [9.17, 15) is 23.2 Å². The highest BCUT2D eigenvalue weighted by molar-refractivity contribution is 5.90. The Hall–Kier alpha value is -4.48. The third kappa shape index (κ3) is 7.30. The summed E-state index contributed by atoms with van der Waals surface area (Å²) in [7, 11) is 1.88. The summed E-state index contributed by atoms with van der Waals surface area (Å²) in [6.45, 7) is 2.35. The highest BCUT2D eigenvalue weighted by atomic mass is 19.4. The molecular formula is C28H33F3N10O2. The summed E-state index contributed by atoms with van der Waals surface area (Å²) in [5.41, 5.74) is 7.17. The first-order chi connectivity index (χ1) is 20.4. The maximum absolute atomic E-state index is 13.1. The molecule has 3 N–H and O–H groups in total. The lowest BCUT2D eigenvalue weighted by molar-refractivity contribution is -0.149. The van der Waals surface area contributed by atoms with E-state index in [2.05, 4.69) is 31.0 Å². The van der Waals surface area contributed by atoms with Gasteiger partial charge in [0.15, 0.2) is 11.6 Å². The van der Waals surface area contributed by atoms with Crippen molar-refractivity contribution in [1.29, 1.82) is 5.26 Å². The molecule has 5 rings (SSSR count). The molecule has 1 aliphatic carbocycles. The Morgan fingerprint density at radius 1 is 1.26 bits per heavy atom. The Morgan fingerprint density at radius 3 is 2.63 bits per heavy atom. The second-order valence-electron chi connectivity index (χ2n) is 11.3. The molecule has 3 aromatic heterocycles. The number of carbonyl (C=O) groups is 1. The van der Waals surface area contributed by atoms with Gasteiger partial charge in [0.05, 0.1) is 30.1 Å². The number of rotatable bonds is 10. The summed E-state index contributed by atoms with van der Waals surface area (Å²) in [5.74, 6) is 0.0473. The number of ether oxygens (including phenoxy) is 1. The Balaban J connectivity index is 1.24. The summed E-state index contributed by atoms with van der Waals surface area (Å²) in [5, 5.41) is 11.4. The second-order valence-corrected chi connectivity index (χ2v) is 11.3. The maximum Gasteiger partial charge on any atom is 0.408 e.